The molecule has 0 radical (unpaired) electrons. The highest BCUT2D eigenvalue weighted by Gasteiger charge is 2.12. The molecule has 1 aliphatic heterocycles. The number of hydrogen-bond acceptors (Lipinski definition) is 3. The van der Waals surface area contributed by atoms with Crippen molar-refractivity contribution in [1.29, 1.82) is 0 Å². The molecule has 1 amide bonds. The fourth-order valence-electron chi connectivity index (χ4n) is 3.62. The number of amides is 1. The van der Waals surface area contributed by atoms with Gasteiger partial charge in [-0.25, -0.2) is 0 Å². The number of aryl methyl sites for hydroxylation is 1. The number of rotatable bonds is 7. The third kappa shape index (κ3) is 5.51. The Hall–Kier alpha value is -2.49. The third-order valence-corrected chi connectivity index (χ3v) is 5.30. The van der Waals surface area contributed by atoms with Crippen LogP contribution in [0, 0.1) is 6.92 Å². The van der Waals surface area contributed by atoms with Gasteiger partial charge in [-0.1, -0.05) is 38.1 Å². The van der Waals surface area contributed by atoms with Crippen molar-refractivity contribution in [2.45, 2.75) is 52.5 Å². The van der Waals surface area contributed by atoms with Crippen LogP contribution in [0.4, 0.5) is 5.69 Å². The van der Waals surface area contributed by atoms with Crippen molar-refractivity contribution < 1.29 is 9.53 Å². The van der Waals surface area contributed by atoms with E-state index in [1.807, 2.05) is 13.0 Å². The maximum Gasteiger partial charge on any atom is 0.258 e. The maximum atomic E-state index is 12.2. The molecule has 1 saturated heterocycles. The van der Waals surface area contributed by atoms with Crippen LogP contribution >= 0.6 is 0 Å². The lowest BCUT2D eigenvalue weighted by Crippen LogP contribution is -2.29. The Morgan fingerprint density at radius 3 is 2.46 bits per heavy atom. The van der Waals surface area contributed by atoms with Crippen LogP contribution in [0.25, 0.3) is 0 Å². The predicted octanol–water partition coefficient (Wildman–Crippen LogP) is 4.80. The molecular formula is C24H32N2O2. The Morgan fingerprint density at radius 1 is 1.07 bits per heavy atom. The summed E-state index contributed by atoms with van der Waals surface area (Å²) in [6, 6.07) is 14.7. The highest BCUT2D eigenvalue weighted by Crippen LogP contribution is 2.27. The second kappa shape index (κ2) is 9.63. The highest BCUT2D eigenvalue weighted by atomic mass is 16.5. The van der Waals surface area contributed by atoms with Gasteiger partial charge in [-0.05, 0) is 67.0 Å². The van der Waals surface area contributed by atoms with Crippen LogP contribution in [0.3, 0.4) is 0 Å². The number of nitrogens with one attached hydrogen (secondary N) is 1. The molecule has 2 aromatic rings. The first-order valence-corrected chi connectivity index (χ1v) is 10.4. The van der Waals surface area contributed by atoms with E-state index in [1.165, 1.54) is 24.9 Å². The van der Waals surface area contributed by atoms with E-state index in [1.54, 1.807) is 0 Å². The second-order valence-electron chi connectivity index (χ2n) is 7.98. The largest absolute Gasteiger partial charge is 0.483 e. The van der Waals surface area contributed by atoms with Gasteiger partial charge in [0.25, 0.3) is 5.91 Å². The van der Waals surface area contributed by atoms with E-state index in [9.17, 15) is 4.79 Å². The minimum atomic E-state index is -0.101. The first kappa shape index (κ1) is 20.2. The van der Waals surface area contributed by atoms with Crippen LogP contribution in [-0.2, 0) is 11.3 Å². The number of hydrogen-bond donors (Lipinski definition) is 1. The van der Waals surface area contributed by atoms with E-state index in [0.29, 0.717) is 12.5 Å². The average Bonchev–Trinajstić information content (AvgIpc) is 2.71. The number of nitrogens with zero attached hydrogens (tertiary/aromatic N) is 1. The molecule has 1 fully saturated rings. The number of anilines is 1. The van der Waals surface area contributed by atoms with Gasteiger partial charge in [0.1, 0.15) is 5.75 Å². The van der Waals surface area contributed by atoms with Crippen LogP contribution in [-0.4, -0.2) is 25.6 Å². The quantitative estimate of drug-likeness (QED) is 0.750. The molecule has 2 aromatic carbocycles. The second-order valence-corrected chi connectivity index (χ2v) is 7.98. The van der Waals surface area contributed by atoms with Crippen molar-refractivity contribution in [3.63, 3.8) is 0 Å². The molecular weight excluding hydrogens is 348 g/mol. The molecule has 0 aromatic heterocycles. The monoisotopic (exact) mass is 380 g/mol. The molecule has 0 unspecified atom stereocenters. The van der Waals surface area contributed by atoms with Gasteiger partial charge in [0, 0.05) is 25.3 Å². The fourth-order valence-corrected chi connectivity index (χ4v) is 3.62. The summed E-state index contributed by atoms with van der Waals surface area (Å²) in [5, 5.41) is 2.95. The molecule has 0 bridgehead atoms. The van der Waals surface area contributed by atoms with Crippen LogP contribution in [0.2, 0.25) is 0 Å². The zero-order valence-electron chi connectivity index (χ0n) is 17.3. The average molecular weight is 381 g/mol. The molecule has 28 heavy (non-hydrogen) atoms. The molecule has 1 N–H and O–H groups in total. The van der Waals surface area contributed by atoms with E-state index >= 15 is 0 Å². The van der Waals surface area contributed by atoms with Gasteiger partial charge in [0.2, 0.25) is 0 Å². The Labute approximate surface area is 168 Å². The molecule has 150 valence electrons. The summed E-state index contributed by atoms with van der Waals surface area (Å²) in [5.41, 5.74) is 4.65. The first-order valence-electron chi connectivity index (χ1n) is 10.4. The smallest absolute Gasteiger partial charge is 0.258 e. The van der Waals surface area contributed by atoms with Gasteiger partial charge >= 0.3 is 0 Å². The molecule has 0 saturated carbocycles. The van der Waals surface area contributed by atoms with Crippen molar-refractivity contribution in [2.24, 2.45) is 0 Å². The van der Waals surface area contributed by atoms with Crippen molar-refractivity contribution in [3.8, 4) is 5.75 Å². The molecule has 0 spiro atoms. The first-order chi connectivity index (χ1) is 13.5. The van der Waals surface area contributed by atoms with Gasteiger partial charge in [-0.3, -0.25) is 4.79 Å². The lowest BCUT2D eigenvalue weighted by atomic mass is 10.0. The Bertz CT molecular complexity index is 778. The SMILES string of the molecule is Cc1ccc(C(C)C)c(OCC(=O)NCc2ccc(N3CCCCC3)cc2)c1. The molecule has 3 rings (SSSR count). The normalized spacial score (nSPS) is 14.2. The summed E-state index contributed by atoms with van der Waals surface area (Å²) in [5.74, 6) is 1.06. The standard InChI is InChI=1S/C24H32N2O2/c1-18(2)22-12-7-19(3)15-23(22)28-17-24(27)25-16-20-8-10-21(11-9-20)26-13-5-4-6-14-26/h7-12,15,18H,4-6,13-14,16-17H2,1-3H3,(H,25,27). The molecule has 4 nitrogen and oxygen atoms in total. The van der Waals surface area contributed by atoms with Gasteiger partial charge in [0.15, 0.2) is 6.61 Å². The summed E-state index contributed by atoms with van der Waals surface area (Å²) in [7, 11) is 0. The summed E-state index contributed by atoms with van der Waals surface area (Å²) in [6.07, 6.45) is 3.89. The van der Waals surface area contributed by atoms with Crippen LogP contribution in [0.15, 0.2) is 42.5 Å². The molecule has 4 heteroatoms. The minimum absolute atomic E-state index is 0.0367. The zero-order valence-corrected chi connectivity index (χ0v) is 17.3. The summed E-state index contributed by atoms with van der Waals surface area (Å²) in [4.78, 5) is 14.7. The minimum Gasteiger partial charge on any atom is -0.483 e. The number of carbonyl (C=O) groups is 1. The van der Waals surface area contributed by atoms with Gasteiger partial charge in [-0.15, -0.1) is 0 Å². The van der Waals surface area contributed by atoms with E-state index in [-0.39, 0.29) is 12.5 Å². The van der Waals surface area contributed by atoms with Gasteiger partial charge < -0.3 is 15.0 Å². The molecule has 0 aliphatic carbocycles. The third-order valence-electron chi connectivity index (χ3n) is 5.30. The molecule has 1 heterocycles. The Morgan fingerprint density at radius 2 is 1.79 bits per heavy atom. The summed E-state index contributed by atoms with van der Waals surface area (Å²) < 4.78 is 5.81. The Balaban J connectivity index is 1.49. The van der Waals surface area contributed by atoms with E-state index in [0.717, 1.165) is 35.5 Å². The van der Waals surface area contributed by atoms with Crippen molar-refractivity contribution in [1.82, 2.24) is 5.32 Å². The predicted molar refractivity (Wildman–Crippen MR) is 115 cm³/mol. The van der Waals surface area contributed by atoms with Crippen molar-refractivity contribution in [2.75, 3.05) is 24.6 Å². The zero-order chi connectivity index (χ0) is 19.9. The number of piperidine rings is 1. The number of ether oxygens (including phenoxy) is 1. The number of carbonyl (C=O) groups excluding carboxylic acids is 1. The topological polar surface area (TPSA) is 41.6 Å². The molecule has 0 atom stereocenters. The highest BCUT2D eigenvalue weighted by molar-refractivity contribution is 5.77. The van der Waals surface area contributed by atoms with Gasteiger partial charge in [-0.2, -0.15) is 0 Å². The fraction of sp³-hybridized carbons (Fsp3) is 0.458. The van der Waals surface area contributed by atoms with Crippen LogP contribution in [0.5, 0.6) is 5.75 Å². The van der Waals surface area contributed by atoms with E-state index in [4.69, 9.17) is 4.74 Å². The van der Waals surface area contributed by atoms with Gasteiger partial charge in [0.05, 0.1) is 0 Å². The van der Waals surface area contributed by atoms with Crippen molar-refractivity contribution >= 4 is 11.6 Å². The Kier molecular flexibility index (Phi) is 6.96. The lowest BCUT2D eigenvalue weighted by Gasteiger charge is -2.28. The van der Waals surface area contributed by atoms with E-state index < -0.39 is 0 Å². The lowest BCUT2D eigenvalue weighted by molar-refractivity contribution is -0.123. The van der Waals surface area contributed by atoms with Crippen LogP contribution < -0.4 is 15.0 Å². The summed E-state index contributed by atoms with van der Waals surface area (Å²) >= 11 is 0. The van der Waals surface area contributed by atoms with Crippen LogP contribution in [0.1, 0.15) is 55.7 Å². The van der Waals surface area contributed by atoms with E-state index in [2.05, 4.69) is 60.5 Å². The summed E-state index contributed by atoms with van der Waals surface area (Å²) in [6.45, 7) is 9.14. The number of benzene rings is 2. The maximum absolute atomic E-state index is 12.2. The molecule has 1 aliphatic rings. The van der Waals surface area contributed by atoms with Crippen molar-refractivity contribution in [3.05, 3.63) is 59.2 Å².